The molecule has 9 aromatic carbocycles. The highest BCUT2D eigenvalue weighted by molar-refractivity contribution is 6.22. The molecule has 1 heterocycles. The number of hydrogen-bond acceptors (Lipinski definition) is 2. The second-order valence-corrected chi connectivity index (χ2v) is 13.5. The van der Waals surface area contributed by atoms with E-state index in [-0.39, 0.29) is 0 Å². The SMILES string of the molecule is c1ccc(-c2ccccc2-c2c3ccccc3c(-c3ccc(N(c4ccccn4)c4cc5ccccc5c5ccccc45)cc3)c3ccccc23)cc1. The second kappa shape index (κ2) is 12.9. The molecule has 0 saturated carbocycles. The average Bonchev–Trinajstić information content (AvgIpc) is 3.24. The van der Waals surface area contributed by atoms with Gasteiger partial charge in [-0.1, -0.05) is 170 Å². The molecule has 0 aliphatic rings. The number of rotatable bonds is 6. The Hall–Kier alpha value is -7.03. The highest BCUT2D eigenvalue weighted by atomic mass is 15.2. The number of benzene rings is 9. The summed E-state index contributed by atoms with van der Waals surface area (Å²) in [5, 5.41) is 9.81. The number of pyridine rings is 1. The molecule has 1 aromatic heterocycles. The smallest absolute Gasteiger partial charge is 0.137 e. The molecule has 0 aliphatic heterocycles. The largest absolute Gasteiger partial charge is 0.294 e. The van der Waals surface area contributed by atoms with E-state index in [0.29, 0.717) is 0 Å². The third-order valence-corrected chi connectivity index (χ3v) is 10.5. The summed E-state index contributed by atoms with van der Waals surface area (Å²) < 4.78 is 0. The molecule has 2 heteroatoms. The number of anilines is 3. The third-order valence-electron chi connectivity index (χ3n) is 10.5. The molecule has 0 bridgehead atoms. The van der Waals surface area contributed by atoms with Crippen molar-refractivity contribution >= 4 is 60.3 Å². The van der Waals surface area contributed by atoms with Crippen molar-refractivity contribution in [3.63, 3.8) is 0 Å². The van der Waals surface area contributed by atoms with Crippen molar-refractivity contribution < 1.29 is 0 Å². The molecular weight excluding hydrogens is 641 g/mol. The minimum Gasteiger partial charge on any atom is -0.294 e. The van der Waals surface area contributed by atoms with Crippen LogP contribution < -0.4 is 4.90 Å². The molecule has 0 radical (unpaired) electrons. The molecule has 10 rings (SSSR count). The lowest BCUT2D eigenvalue weighted by Gasteiger charge is -2.27. The minimum absolute atomic E-state index is 0.873. The summed E-state index contributed by atoms with van der Waals surface area (Å²) in [6, 6.07) is 72.1. The van der Waals surface area contributed by atoms with E-state index in [1.54, 1.807) is 0 Å². The van der Waals surface area contributed by atoms with Crippen LogP contribution in [0.15, 0.2) is 206 Å². The van der Waals surface area contributed by atoms with Crippen LogP contribution in [0.5, 0.6) is 0 Å². The van der Waals surface area contributed by atoms with Crippen molar-refractivity contribution in [1.29, 1.82) is 0 Å². The van der Waals surface area contributed by atoms with Gasteiger partial charge in [-0.05, 0) is 101 Å². The predicted molar refractivity (Wildman–Crippen MR) is 225 cm³/mol. The van der Waals surface area contributed by atoms with Gasteiger partial charge < -0.3 is 0 Å². The van der Waals surface area contributed by atoms with Crippen LogP contribution in [0, 0.1) is 0 Å². The zero-order valence-corrected chi connectivity index (χ0v) is 29.0. The Balaban J connectivity index is 1.18. The van der Waals surface area contributed by atoms with E-state index in [4.69, 9.17) is 4.98 Å². The Labute approximate surface area is 308 Å². The zero-order chi connectivity index (χ0) is 35.1. The Bertz CT molecular complexity index is 2870. The van der Waals surface area contributed by atoms with E-state index in [0.717, 1.165) is 17.2 Å². The zero-order valence-electron chi connectivity index (χ0n) is 29.0. The lowest BCUT2D eigenvalue weighted by molar-refractivity contribution is 1.19. The quantitative estimate of drug-likeness (QED) is 0.129. The molecule has 0 N–H and O–H groups in total. The van der Waals surface area contributed by atoms with E-state index < -0.39 is 0 Å². The first-order chi connectivity index (χ1) is 26.3. The normalized spacial score (nSPS) is 11.4. The van der Waals surface area contributed by atoms with Crippen molar-refractivity contribution in [2.24, 2.45) is 0 Å². The van der Waals surface area contributed by atoms with Gasteiger partial charge in [0.1, 0.15) is 5.82 Å². The molecule has 2 nitrogen and oxygen atoms in total. The van der Waals surface area contributed by atoms with Crippen LogP contribution in [-0.4, -0.2) is 4.98 Å². The first-order valence-electron chi connectivity index (χ1n) is 18.1. The van der Waals surface area contributed by atoms with Gasteiger partial charge in [0.25, 0.3) is 0 Å². The molecule has 0 saturated heterocycles. The molecule has 0 unspecified atom stereocenters. The van der Waals surface area contributed by atoms with Crippen molar-refractivity contribution in [3.05, 3.63) is 206 Å². The Morgan fingerprint density at radius 2 is 0.868 bits per heavy atom. The summed E-state index contributed by atoms with van der Waals surface area (Å²) in [5.41, 5.74) is 9.52. The van der Waals surface area contributed by atoms with E-state index >= 15 is 0 Å². The van der Waals surface area contributed by atoms with E-state index in [9.17, 15) is 0 Å². The van der Waals surface area contributed by atoms with Crippen molar-refractivity contribution in [2.45, 2.75) is 0 Å². The van der Waals surface area contributed by atoms with E-state index in [1.807, 2.05) is 12.3 Å². The maximum atomic E-state index is 4.87. The highest BCUT2D eigenvalue weighted by Gasteiger charge is 2.21. The van der Waals surface area contributed by atoms with Crippen LogP contribution in [0.4, 0.5) is 17.2 Å². The van der Waals surface area contributed by atoms with Gasteiger partial charge in [-0.15, -0.1) is 0 Å². The van der Waals surface area contributed by atoms with Gasteiger partial charge in [0.15, 0.2) is 0 Å². The molecule has 10 aromatic rings. The van der Waals surface area contributed by atoms with Gasteiger partial charge in [-0.25, -0.2) is 4.98 Å². The topological polar surface area (TPSA) is 16.1 Å². The van der Waals surface area contributed by atoms with Crippen LogP contribution >= 0.6 is 0 Å². The third kappa shape index (κ3) is 5.23. The van der Waals surface area contributed by atoms with Crippen LogP contribution in [0.1, 0.15) is 0 Å². The number of hydrogen-bond donors (Lipinski definition) is 0. The molecular formula is C51H34N2. The number of fused-ring (bicyclic) bond motifs is 5. The lowest BCUT2D eigenvalue weighted by atomic mass is 9.84. The van der Waals surface area contributed by atoms with Gasteiger partial charge in [-0.2, -0.15) is 0 Å². The molecule has 0 atom stereocenters. The molecule has 0 fully saturated rings. The summed E-state index contributed by atoms with van der Waals surface area (Å²) in [6.45, 7) is 0. The lowest BCUT2D eigenvalue weighted by Crippen LogP contribution is -2.12. The van der Waals surface area contributed by atoms with Gasteiger partial charge in [0.2, 0.25) is 0 Å². The summed E-state index contributed by atoms with van der Waals surface area (Å²) in [7, 11) is 0. The fraction of sp³-hybridized carbons (Fsp3) is 0. The van der Waals surface area contributed by atoms with Gasteiger partial charge >= 0.3 is 0 Å². The number of nitrogens with zero attached hydrogens (tertiary/aromatic N) is 2. The maximum Gasteiger partial charge on any atom is 0.137 e. The van der Waals surface area contributed by atoms with Gasteiger partial charge in [0, 0.05) is 17.3 Å². The van der Waals surface area contributed by atoms with Crippen LogP contribution in [0.3, 0.4) is 0 Å². The Morgan fingerprint density at radius 3 is 1.53 bits per heavy atom. The summed E-state index contributed by atoms with van der Waals surface area (Å²) >= 11 is 0. The molecule has 248 valence electrons. The van der Waals surface area contributed by atoms with E-state index in [1.165, 1.54) is 76.5 Å². The van der Waals surface area contributed by atoms with Crippen molar-refractivity contribution in [1.82, 2.24) is 4.98 Å². The minimum atomic E-state index is 0.873. The Morgan fingerprint density at radius 1 is 0.340 bits per heavy atom. The first kappa shape index (κ1) is 30.8. The van der Waals surface area contributed by atoms with Crippen LogP contribution in [0.25, 0.3) is 76.5 Å². The number of aromatic nitrogens is 1. The molecule has 0 aliphatic carbocycles. The fourth-order valence-corrected chi connectivity index (χ4v) is 8.18. The van der Waals surface area contributed by atoms with Crippen molar-refractivity contribution in [2.75, 3.05) is 4.90 Å². The Kier molecular flexibility index (Phi) is 7.51. The first-order valence-corrected chi connectivity index (χ1v) is 18.1. The van der Waals surface area contributed by atoms with Gasteiger partial charge in [0.05, 0.1) is 5.69 Å². The van der Waals surface area contributed by atoms with Crippen molar-refractivity contribution in [3.8, 4) is 33.4 Å². The summed E-state index contributed by atoms with van der Waals surface area (Å²) in [6.07, 6.45) is 1.87. The van der Waals surface area contributed by atoms with E-state index in [2.05, 4.69) is 199 Å². The summed E-state index contributed by atoms with van der Waals surface area (Å²) in [4.78, 5) is 7.16. The monoisotopic (exact) mass is 674 g/mol. The fourth-order valence-electron chi connectivity index (χ4n) is 8.18. The predicted octanol–water partition coefficient (Wildman–Crippen LogP) is 14.2. The standard InChI is InChI=1S/C51H34N2/c1-2-16-35(17-3-1)39-19-6-9-23-43(39)51-46-26-12-10-24-44(46)50(45-25-11-13-27-47(45)51)36-29-31-38(32-30-36)53(49-28-14-15-33-52-49)48-34-37-18-4-5-20-40(37)41-21-7-8-22-42(41)48/h1-34H. The van der Waals surface area contributed by atoms with Gasteiger partial charge in [-0.3, -0.25) is 4.90 Å². The molecule has 53 heavy (non-hydrogen) atoms. The van der Waals surface area contributed by atoms with Crippen LogP contribution in [-0.2, 0) is 0 Å². The molecule has 0 spiro atoms. The second-order valence-electron chi connectivity index (χ2n) is 13.5. The highest BCUT2D eigenvalue weighted by Crippen LogP contribution is 2.47. The maximum absolute atomic E-state index is 4.87. The summed E-state index contributed by atoms with van der Waals surface area (Å²) in [5.74, 6) is 0.873. The average molecular weight is 675 g/mol. The molecule has 0 amide bonds. The van der Waals surface area contributed by atoms with Crippen LogP contribution in [0.2, 0.25) is 0 Å².